The van der Waals surface area contributed by atoms with E-state index in [1.54, 1.807) is 31.5 Å². The molecular weight excluding hydrogens is 350 g/mol. The lowest BCUT2D eigenvalue weighted by Crippen LogP contribution is -2.04. The van der Waals surface area contributed by atoms with E-state index in [1.807, 2.05) is 53.2 Å². The van der Waals surface area contributed by atoms with Gasteiger partial charge >= 0.3 is 5.97 Å². The molecule has 0 aliphatic carbocycles. The highest BCUT2D eigenvalue weighted by atomic mass is 16.5. The standard InChI is InChI=1S/C23H17N3O2/c1-2-28-23(27)17-3-6-20(7-4-17)26-15-19(14-24)21-13-18(5-8-22(21)26)16-9-11-25-12-10-16/h3-13,15H,2H2,1H3. The fourth-order valence-corrected chi connectivity index (χ4v) is 3.23. The summed E-state index contributed by atoms with van der Waals surface area (Å²) in [6.45, 7) is 2.12. The third-order valence-electron chi connectivity index (χ3n) is 4.60. The maximum absolute atomic E-state index is 11.9. The Labute approximate surface area is 162 Å². The smallest absolute Gasteiger partial charge is 0.338 e. The van der Waals surface area contributed by atoms with Crippen molar-refractivity contribution in [3.05, 3.63) is 84.3 Å². The first-order valence-corrected chi connectivity index (χ1v) is 8.94. The number of esters is 1. The summed E-state index contributed by atoms with van der Waals surface area (Å²) in [4.78, 5) is 15.9. The molecule has 2 aromatic heterocycles. The summed E-state index contributed by atoms with van der Waals surface area (Å²) in [6, 6.07) is 19.4. The highest BCUT2D eigenvalue weighted by Crippen LogP contribution is 2.29. The summed E-state index contributed by atoms with van der Waals surface area (Å²) in [5.41, 5.74) is 4.98. The number of rotatable bonds is 4. The minimum absolute atomic E-state index is 0.341. The summed E-state index contributed by atoms with van der Waals surface area (Å²) in [6.07, 6.45) is 5.32. The third kappa shape index (κ3) is 3.12. The fourth-order valence-electron chi connectivity index (χ4n) is 3.23. The molecule has 4 rings (SSSR count). The average Bonchev–Trinajstić information content (AvgIpc) is 3.12. The van der Waals surface area contributed by atoms with Gasteiger partial charge in [0.2, 0.25) is 0 Å². The second-order valence-electron chi connectivity index (χ2n) is 6.26. The molecule has 4 aromatic rings. The Balaban J connectivity index is 1.78. The number of hydrogen-bond acceptors (Lipinski definition) is 4. The van der Waals surface area contributed by atoms with Crippen molar-refractivity contribution in [2.75, 3.05) is 6.61 Å². The summed E-state index contributed by atoms with van der Waals surface area (Å²) >= 11 is 0. The van der Waals surface area contributed by atoms with Crippen molar-refractivity contribution in [3.63, 3.8) is 0 Å². The van der Waals surface area contributed by atoms with E-state index in [4.69, 9.17) is 4.74 Å². The topological polar surface area (TPSA) is 67.9 Å². The highest BCUT2D eigenvalue weighted by Gasteiger charge is 2.12. The predicted molar refractivity (Wildman–Crippen MR) is 107 cm³/mol. The van der Waals surface area contributed by atoms with Crippen molar-refractivity contribution in [2.24, 2.45) is 0 Å². The molecule has 28 heavy (non-hydrogen) atoms. The molecule has 0 atom stereocenters. The van der Waals surface area contributed by atoms with Gasteiger partial charge in [-0.25, -0.2) is 4.79 Å². The van der Waals surface area contributed by atoms with Crippen LogP contribution in [0.4, 0.5) is 0 Å². The summed E-state index contributed by atoms with van der Waals surface area (Å²) < 4.78 is 6.98. The van der Waals surface area contributed by atoms with Crippen LogP contribution in [-0.2, 0) is 4.74 Å². The maximum atomic E-state index is 11.9. The van der Waals surface area contributed by atoms with E-state index in [0.717, 1.165) is 27.7 Å². The van der Waals surface area contributed by atoms with Crippen molar-refractivity contribution in [1.82, 2.24) is 9.55 Å². The van der Waals surface area contributed by atoms with E-state index in [-0.39, 0.29) is 5.97 Å². The Hall–Kier alpha value is -3.91. The van der Waals surface area contributed by atoms with E-state index in [9.17, 15) is 10.1 Å². The number of benzene rings is 2. The zero-order valence-corrected chi connectivity index (χ0v) is 15.3. The van der Waals surface area contributed by atoms with Gasteiger partial charge in [-0.05, 0) is 66.6 Å². The van der Waals surface area contributed by atoms with Crippen molar-refractivity contribution in [2.45, 2.75) is 6.92 Å². The fraction of sp³-hybridized carbons (Fsp3) is 0.0870. The molecule has 0 bridgehead atoms. The molecule has 0 saturated carbocycles. The minimum atomic E-state index is -0.342. The molecule has 0 amide bonds. The lowest BCUT2D eigenvalue weighted by molar-refractivity contribution is 0.0526. The molecule has 136 valence electrons. The van der Waals surface area contributed by atoms with E-state index in [1.165, 1.54) is 0 Å². The first-order valence-electron chi connectivity index (χ1n) is 8.94. The van der Waals surface area contributed by atoms with Gasteiger partial charge in [-0.3, -0.25) is 4.98 Å². The first kappa shape index (κ1) is 17.5. The Morgan fingerprint density at radius 2 is 1.82 bits per heavy atom. The van der Waals surface area contributed by atoms with Crippen LogP contribution in [0.25, 0.3) is 27.7 Å². The molecule has 0 aliphatic rings. The quantitative estimate of drug-likeness (QED) is 0.489. The molecular formula is C23H17N3O2. The van der Waals surface area contributed by atoms with Crippen molar-refractivity contribution >= 4 is 16.9 Å². The number of carbonyl (C=O) groups excluding carboxylic acids is 1. The van der Waals surface area contributed by atoms with E-state index < -0.39 is 0 Å². The van der Waals surface area contributed by atoms with Crippen LogP contribution in [0, 0.1) is 11.3 Å². The molecule has 0 spiro atoms. The molecule has 0 saturated heterocycles. The van der Waals surface area contributed by atoms with Crippen LogP contribution < -0.4 is 0 Å². The summed E-state index contributed by atoms with van der Waals surface area (Å²) in [5, 5.41) is 10.5. The van der Waals surface area contributed by atoms with Crippen molar-refractivity contribution in [3.8, 4) is 22.9 Å². The molecule has 0 unspecified atom stereocenters. The normalized spacial score (nSPS) is 10.6. The van der Waals surface area contributed by atoms with Gasteiger partial charge in [-0.15, -0.1) is 0 Å². The van der Waals surface area contributed by atoms with E-state index in [0.29, 0.717) is 17.7 Å². The van der Waals surface area contributed by atoms with Gasteiger partial charge in [0.25, 0.3) is 0 Å². The lowest BCUT2D eigenvalue weighted by Gasteiger charge is -2.08. The number of aromatic nitrogens is 2. The minimum Gasteiger partial charge on any atom is -0.462 e. The van der Waals surface area contributed by atoms with Crippen molar-refractivity contribution in [1.29, 1.82) is 5.26 Å². The molecule has 5 nitrogen and oxygen atoms in total. The van der Waals surface area contributed by atoms with Gasteiger partial charge in [-0.1, -0.05) is 6.07 Å². The number of nitriles is 1. The number of pyridine rings is 1. The van der Waals surface area contributed by atoms with E-state index >= 15 is 0 Å². The van der Waals surface area contributed by atoms with Gasteiger partial charge in [0.15, 0.2) is 0 Å². The number of fused-ring (bicyclic) bond motifs is 1. The number of nitrogens with zero attached hydrogens (tertiary/aromatic N) is 3. The molecule has 5 heteroatoms. The van der Waals surface area contributed by atoms with Crippen LogP contribution in [0.5, 0.6) is 0 Å². The Morgan fingerprint density at radius 3 is 2.50 bits per heavy atom. The average molecular weight is 367 g/mol. The molecule has 2 heterocycles. The summed E-state index contributed by atoms with van der Waals surface area (Å²) in [7, 11) is 0. The van der Waals surface area contributed by atoms with Gasteiger partial charge < -0.3 is 9.30 Å². The Bertz CT molecular complexity index is 1190. The lowest BCUT2D eigenvalue weighted by atomic mass is 10.0. The zero-order valence-electron chi connectivity index (χ0n) is 15.3. The van der Waals surface area contributed by atoms with E-state index in [2.05, 4.69) is 11.1 Å². The number of carbonyl (C=O) groups is 1. The molecule has 0 aliphatic heterocycles. The van der Waals surface area contributed by atoms with Crippen LogP contribution in [0.15, 0.2) is 73.2 Å². The second kappa shape index (κ2) is 7.37. The highest BCUT2D eigenvalue weighted by molar-refractivity contribution is 5.92. The Kier molecular flexibility index (Phi) is 4.61. The molecule has 2 aromatic carbocycles. The van der Waals surface area contributed by atoms with Crippen LogP contribution in [0.3, 0.4) is 0 Å². The van der Waals surface area contributed by atoms with Gasteiger partial charge in [0, 0.05) is 29.7 Å². The van der Waals surface area contributed by atoms with Crippen LogP contribution in [0.1, 0.15) is 22.8 Å². The van der Waals surface area contributed by atoms with Gasteiger partial charge in [0.1, 0.15) is 6.07 Å². The van der Waals surface area contributed by atoms with Gasteiger partial charge in [-0.2, -0.15) is 5.26 Å². The molecule has 0 radical (unpaired) electrons. The van der Waals surface area contributed by atoms with Gasteiger partial charge in [0.05, 0.1) is 23.3 Å². The molecule has 0 N–H and O–H groups in total. The van der Waals surface area contributed by atoms with Crippen LogP contribution >= 0.6 is 0 Å². The monoisotopic (exact) mass is 367 g/mol. The SMILES string of the molecule is CCOC(=O)c1ccc(-n2cc(C#N)c3cc(-c4ccncc4)ccc32)cc1. The number of hydrogen-bond donors (Lipinski definition) is 0. The zero-order chi connectivity index (χ0) is 19.5. The first-order chi connectivity index (χ1) is 13.7. The number of ether oxygens (including phenoxy) is 1. The largest absolute Gasteiger partial charge is 0.462 e. The Morgan fingerprint density at radius 1 is 1.07 bits per heavy atom. The summed E-state index contributed by atoms with van der Waals surface area (Å²) in [5.74, 6) is -0.342. The van der Waals surface area contributed by atoms with Crippen LogP contribution in [-0.4, -0.2) is 22.1 Å². The third-order valence-corrected chi connectivity index (χ3v) is 4.60. The predicted octanol–water partition coefficient (Wildman–Crippen LogP) is 4.74. The van der Waals surface area contributed by atoms with Crippen molar-refractivity contribution < 1.29 is 9.53 Å². The van der Waals surface area contributed by atoms with Crippen LogP contribution in [0.2, 0.25) is 0 Å². The maximum Gasteiger partial charge on any atom is 0.338 e. The second-order valence-corrected chi connectivity index (χ2v) is 6.26. The molecule has 0 fully saturated rings.